The third kappa shape index (κ3) is 5.46. The van der Waals surface area contributed by atoms with Crippen LogP contribution >= 0.6 is 0 Å². The predicted octanol–water partition coefficient (Wildman–Crippen LogP) is 4.00. The molecule has 5 heteroatoms. The summed E-state index contributed by atoms with van der Waals surface area (Å²) in [7, 11) is 0. The summed E-state index contributed by atoms with van der Waals surface area (Å²) < 4.78 is 0. The Labute approximate surface area is 164 Å². The molecule has 0 aliphatic carbocycles. The van der Waals surface area contributed by atoms with Crippen LogP contribution in [0.4, 0.5) is 0 Å². The van der Waals surface area contributed by atoms with Gasteiger partial charge in [0.2, 0.25) is 5.91 Å². The summed E-state index contributed by atoms with van der Waals surface area (Å²) in [6.45, 7) is 2.06. The van der Waals surface area contributed by atoms with E-state index in [2.05, 4.69) is 35.4 Å². The topological polar surface area (TPSA) is 82.2 Å². The predicted molar refractivity (Wildman–Crippen MR) is 110 cm³/mol. The minimum Gasteiger partial charge on any atom is -0.481 e. The number of carbonyl (C=O) groups excluding carboxylic acids is 1. The second-order valence-electron chi connectivity index (χ2n) is 7.25. The number of benzene rings is 2. The van der Waals surface area contributed by atoms with Crippen LogP contribution in [0.1, 0.15) is 36.0 Å². The Hall–Kier alpha value is -3.08. The van der Waals surface area contributed by atoms with Gasteiger partial charge in [0, 0.05) is 36.0 Å². The summed E-state index contributed by atoms with van der Waals surface area (Å²) in [5.74, 6) is -0.894. The van der Waals surface area contributed by atoms with E-state index in [0.717, 1.165) is 22.0 Å². The average Bonchev–Trinajstić information content (AvgIpc) is 3.07. The lowest BCUT2D eigenvalue weighted by molar-refractivity contribution is -0.137. The molecule has 0 fully saturated rings. The number of carbonyl (C=O) groups is 2. The molecule has 0 aliphatic heterocycles. The van der Waals surface area contributed by atoms with Crippen molar-refractivity contribution in [3.8, 4) is 0 Å². The van der Waals surface area contributed by atoms with E-state index >= 15 is 0 Å². The van der Waals surface area contributed by atoms with Crippen molar-refractivity contribution >= 4 is 22.8 Å². The monoisotopic (exact) mass is 378 g/mol. The molecule has 3 rings (SSSR count). The third-order valence-electron chi connectivity index (χ3n) is 4.94. The number of rotatable bonds is 9. The Kier molecular flexibility index (Phi) is 6.48. The fourth-order valence-electron chi connectivity index (χ4n) is 3.47. The van der Waals surface area contributed by atoms with Crippen LogP contribution in [-0.2, 0) is 22.4 Å². The summed E-state index contributed by atoms with van der Waals surface area (Å²) in [5, 5.41) is 13.2. The van der Waals surface area contributed by atoms with E-state index in [1.807, 2.05) is 36.5 Å². The lowest BCUT2D eigenvalue weighted by atomic mass is 10.0. The van der Waals surface area contributed by atoms with Crippen LogP contribution < -0.4 is 5.32 Å². The number of amides is 1. The molecule has 0 aliphatic rings. The highest BCUT2D eigenvalue weighted by Gasteiger charge is 2.15. The molecule has 1 unspecified atom stereocenters. The van der Waals surface area contributed by atoms with Crippen molar-refractivity contribution in [1.29, 1.82) is 0 Å². The number of carboxylic acid groups (broad SMARTS) is 1. The number of aromatic nitrogens is 1. The molecular formula is C23H26N2O3. The van der Waals surface area contributed by atoms with E-state index in [0.29, 0.717) is 25.7 Å². The van der Waals surface area contributed by atoms with Crippen LogP contribution in [-0.4, -0.2) is 28.0 Å². The number of hydrogen-bond donors (Lipinski definition) is 3. The van der Waals surface area contributed by atoms with Gasteiger partial charge in [0.05, 0.1) is 0 Å². The fourth-order valence-corrected chi connectivity index (χ4v) is 3.47. The second kappa shape index (κ2) is 9.22. The molecule has 0 saturated heterocycles. The highest BCUT2D eigenvalue weighted by molar-refractivity contribution is 5.85. The lowest BCUT2D eigenvalue weighted by Crippen LogP contribution is -2.37. The minimum atomic E-state index is -0.846. The standard InChI is InChI=1S/C23H26N2O3/c1-16-7-10-21-20(13-16)18(15-24-21)8-11-22(26)25-19(9-12-23(27)28)14-17-5-3-2-4-6-17/h2-7,10,13,15,19,24H,8-9,11-12,14H2,1H3,(H,25,26)(H,27,28). The molecule has 2 aromatic carbocycles. The van der Waals surface area contributed by atoms with Crippen molar-refractivity contribution in [2.24, 2.45) is 0 Å². The first-order valence-electron chi connectivity index (χ1n) is 9.63. The maximum atomic E-state index is 12.5. The number of H-pyrrole nitrogens is 1. The molecule has 1 atom stereocenters. The number of hydrogen-bond acceptors (Lipinski definition) is 2. The number of aryl methyl sites for hydroxylation is 2. The molecule has 0 bridgehead atoms. The first-order chi connectivity index (χ1) is 13.5. The normalized spacial score (nSPS) is 12.0. The van der Waals surface area contributed by atoms with Gasteiger partial charge in [0.1, 0.15) is 0 Å². The fraction of sp³-hybridized carbons (Fsp3) is 0.304. The second-order valence-corrected chi connectivity index (χ2v) is 7.25. The molecule has 3 aromatic rings. The van der Waals surface area contributed by atoms with E-state index in [1.54, 1.807) is 0 Å². The van der Waals surface area contributed by atoms with Gasteiger partial charge in [-0.15, -0.1) is 0 Å². The first-order valence-corrected chi connectivity index (χ1v) is 9.63. The number of aromatic amines is 1. The number of aliphatic carboxylic acids is 1. The summed E-state index contributed by atoms with van der Waals surface area (Å²) in [5.41, 5.74) is 4.48. The van der Waals surface area contributed by atoms with E-state index < -0.39 is 5.97 Å². The van der Waals surface area contributed by atoms with E-state index in [-0.39, 0.29) is 18.4 Å². The van der Waals surface area contributed by atoms with Crippen molar-refractivity contribution in [2.75, 3.05) is 0 Å². The minimum absolute atomic E-state index is 0.0412. The zero-order valence-corrected chi connectivity index (χ0v) is 16.1. The molecule has 28 heavy (non-hydrogen) atoms. The highest BCUT2D eigenvalue weighted by atomic mass is 16.4. The summed E-state index contributed by atoms with van der Waals surface area (Å²) in [4.78, 5) is 26.7. The molecular weight excluding hydrogens is 352 g/mol. The smallest absolute Gasteiger partial charge is 0.303 e. The Balaban J connectivity index is 1.60. The lowest BCUT2D eigenvalue weighted by Gasteiger charge is -2.18. The molecule has 0 saturated carbocycles. The van der Waals surface area contributed by atoms with Crippen LogP contribution in [0.2, 0.25) is 0 Å². The van der Waals surface area contributed by atoms with Crippen LogP contribution in [0.25, 0.3) is 10.9 Å². The van der Waals surface area contributed by atoms with Crippen molar-refractivity contribution in [2.45, 2.75) is 45.1 Å². The van der Waals surface area contributed by atoms with Gasteiger partial charge < -0.3 is 15.4 Å². The quantitative estimate of drug-likeness (QED) is 0.526. The Morgan fingerprint density at radius 3 is 2.64 bits per heavy atom. The van der Waals surface area contributed by atoms with Gasteiger partial charge in [0.25, 0.3) is 0 Å². The Morgan fingerprint density at radius 2 is 1.89 bits per heavy atom. The van der Waals surface area contributed by atoms with Gasteiger partial charge in [-0.1, -0.05) is 42.0 Å². The maximum Gasteiger partial charge on any atom is 0.303 e. The molecule has 1 heterocycles. The van der Waals surface area contributed by atoms with Crippen LogP contribution in [0, 0.1) is 6.92 Å². The van der Waals surface area contributed by atoms with Crippen molar-refractivity contribution in [3.05, 3.63) is 71.4 Å². The third-order valence-corrected chi connectivity index (χ3v) is 4.94. The van der Waals surface area contributed by atoms with Crippen molar-refractivity contribution in [3.63, 3.8) is 0 Å². The molecule has 1 aromatic heterocycles. The Bertz CT molecular complexity index is 947. The van der Waals surface area contributed by atoms with Crippen molar-refractivity contribution in [1.82, 2.24) is 10.3 Å². The molecule has 3 N–H and O–H groups in total. The highest BCUT2D eigenvalue weighted by Crippen LogP contribution is 2.21. The zero-order chi connectivity index (χ0) is 19.9. The van der Waals surface area contributed by atoms with E-state index in [9.17, 15) is 9.59 Å². The summed E-state index contributed by atoms with van der Waals surface area (Å²) >= 11 is 0. The van der Waals surface area contributed by atoms with Crippen molar-refractivity contribution < 1.29 is 14.7 Å². The SMILES string of the molecule is Cc1ccc2[nH]cc(CCC(=O)NC(CCC(=O)O)Cc3ccccc3)c2c1. The van der Waals surface area contributed by atoms with Gasteiger partial charge in [-0.25, -0.2) is 0 Å². The molecule has 5 nitrogen and oxygen atoms in total. The number of nitrogens with one attached hydrogen (secondary N) is 2. The molecule has 146 valence electrons. The molecule has 0 spiro atoms. The maximum absolute atomic E-state index is 12.5. The average molecular weight is 378 g/mol. The van der Waals surface area contributed by atoms with Gasteiger partial charge in [-0.2, -0.15) is 0 Å². The summed E-state index contributed by atoms with van der Waals surface area (Å²) in [6, 6.07) is 15.9. The van der Waals surface area contributed by atoms with Gasteiger partial charge in [0.15, 0.2) is 0 Å². The summed E-state index contributed by atoms with van der Waals surface area (Å²) in [6.07, 6.45) is 4.07. The van der Waals surface area contributed by atoms with E-state index in [4.69, 9.17) is 5.11 Å². The molecule has 0 radical (unpaired) electrons. The number of carboxylic acids is 1. The van der Waals surface area contributed by atoms with Gasteiger partial charge in [-0.05, 0) is 49.4 Å². The van der Waals surface area contributed by atoms with E-state index in [1.165, 1.54) is 5.56 Å². The Morgan fingerprint density at radius 1 is 1.11 bits per heavy atom. The van der Waals surface area contributed by atoms with Crippen LogP contribution in [0.5, 0.6) is 0 Å². The first kappa shape index (κ1) is 19.7. The van der Waals surface area contributed by atoms with Gasteiger partial charge >= 0.3 is 5.97 Å². The molecule has 1 amide bonds. The van der Waals surface area contributed by atoms with Crippen LogP contribution in [0.15, 0.2) is 54.7 Å². The van der Waals surface area contributed by atoms with Crippen LogP contribution in [0.3, 0.4) is 0 Å². The number of fused-ring (bicyclic) bond motifs is 1. The largest absolute Gasteiger partial charge is 0.481 e. The zero-order valence-electron chi connectivity index (χ0n) is 16.1. The van der Waals surface area contributed by atoms with Gasteiger partial charge in [-0.3, -0.25) is 9.59 Å².